The van der Waals surface area contributed by atoms with E-state index in [1.54, 1.807) is 0 Å². The molecule has 5 fully saturated rings. The second-order valence-corrected chi connectivity index (χ2v) is 21.0. The van der Waals surface area contributed by atoms with Crippen LogP contribution in [0, 0.1) is 5.92 Å². The lowest BCUT2D eigenvalue weighted by Gasteiger charge is -2.43. The molecule has 6 aliphatic rings. The number of rotatable bonds is 9. The minimum atomic E-state index is -1.54. The van der Waals surface area contributed by atoms with Crippen LogP contribution in [0.4, 0.5) is 0 Å². The van der Waals surface area contributed by atoms with Crippen LogP contribution in [-0.4, -0.2) is 84.4 Å². The molecule has 306 valence electrons. The molecule has 10 rings (SSSR count). The molecule has 4 aromatic carbocycles. The van der Waals surface area contributed by atoms with Crippen molar-refractivity contribution in [3.05, 3.63) is 136 Å². The molecule has 4 aliphatic heterocycles. The van der Waals surface area contributed by atoms with Gasteiger partial charge in [0.05, 0.1) is 12.2 Å². The van der Waals surface area contributed by atoms with Crippen LogP contribution in [0.15, 0.2) is 96.6 Å². The van der Waals surface area contributed by atoms with Gasteiger partial charge in [0.2, 0.25) is 5.91 Å². The summed E-state index contributed by atoms with van der Waals surface area (Å²) < 4.78 is 20.6. The standard InChI is InChI=1S/C48H55BN4O5S/c1-59(58-41-12-4-11-38(25-41)47(54)52-18-14-33(15-19-52)35-8-2-6-31(22-35)28-50)30-40-27-44(59)46-45(40)56-49(57-46)43-13-5-10-37-24-39(26-42(37)43)48(55)53-20-16-34(17-21-53)36-9-3-7-32(23-36)29-51/h2-13,22-23,25-26,33-34,40,44-46H,14-21,24,27-30,50-51H2,1H3. The molecule has 5 atom stereocenters. The van der Waals surface area contributed by atoms with E-state index in [4.69, 9.17) is 25.0 Å². The van der Waals surface area contributed by atoms with Crippen molar-refractivity contribution in [3.8, 4) is 5.75 Å². The highest BCUT2D eigenvalue weighted by Crippen LogP contribution is 2.67. The molecule has 1 saturated carbocycles. The first kappa shape index (κ1) is 38.8. The number of carbonyl (C=O) groups is 2. The van der Waals surface area contributed by atoms with Crippen molar-refractivity contribution in [2.24, 2.45) is 17.4 Å². The van der Waals surface area contributed by atoms with E-state index in [2.05, 4.69) is 79.1 Å². The maximum absolute atomic E-state index is 13.9. The first-order valence-corrected chi connectivity index (χ1v) is 23.8. The largest absolute Gasteiger partial charge is 0.495 e. The van der Waals surface area contributed by atoms with E-state index in [9.17, 15) is 9.59 Å². The van der Waals surface area contributed by atoms with Gasteiger partial charge in [-0.2, -0.15) is 0 Å². The predicted molar refractivity (Wildman–Crippen MR) is 236 cm³/mol. The SMILES string of the molecule is CS1(Oc2cccc(C(=O)N3CCC(c4cccc(CN)c4)CC3)c2)CC2CC1C1OB(c3cccc4c3C=C(C(=O)N3CCC(c5cccc(CN)c5)CC3)C4)OC21. The molecule has 59 heavy (non-hydrogen) atoms. The Morgan fingerprint density at radius 1 is 0.763 bits per heavy atom. The highest BCUT2D eigenvalue weighted by Gasteiger charge is 2.63. The Bertz CT molecular complexity index is 2290. The molecule has 5 unspecified atom stereocenters. The second-order valence-electron chi connectivity index (χ2n) is 17.7. The lowest BCUT2D eigenvalue weighted by atomic mass is 9.75. The van der Waals surface area contributed by atoms with Gasteiger partial charge in [-0.3, -0.25) is 9.59 Å². The lowest BCUT2D eigenvalue weighted by molar-refractivity contribution is -0.128. The zero-order chi connectivity index (χ0) is 40.3. The van der Waals surface area contributed by atoms with Gasteiger partial charge in [-0.25, -0.2) is 0 Å². The van der Waals surface area contributed by atoms with Crippen LogP contribution in [0.2, 0.25) is 0 Å². The fourth-order valence-corrected chi connectivity index (χ4v) is 14.6. The Hall–Kier alpha value is -4.39. The number of nitrogens with two attached hydrogens (primary N) is 2. The third-order valence-electron chi connectivity index (χ3n) is 14.1. The van der Waals surface area contributed by atoms with Gasteiger partial charge in [0.15, 0.2) is 0 Å². The number of hydrogen-bond donors (Lipinski definition) is 2. The van der Waals surface area contributed by atoms with E-state index < -0.39 is 17.4 Å². The summed E-state index contributed by atoms with van der Waals surface area (Å²) >= 11 is 0. The highest BCUT2D eigenvalue weighted by molar-refractivity contribution is 8.30. The third kappa shape index (κ3) is 7.33. The second kappa shape index (κ2) is 15.9. The first-order valence-electron chi connectivity index (χ1n) is 21.6. The molecule has 9 nitrogen and oxygen atoms in total. The Morgan fingerprint density at radius 2 is 1.37 bits per heavy atom. The minimum absolute atomic E-state index is 0.0250. The Kier molecular flexibility index (Phi) is 10.5. The monoisotopic (exact) mass is 810 g/mol. The Morgan fingerprint density at radius 3 is 2.03 bits per heavy atom. The van der Waals surface area contributed by atoms with Crippen LogP contribution >= 0.6 is 10.3 Å². The smallest absolute Gasteiger partial charge is 0.449 e. The van der Waals surface area contributed by atoms with Crippen LogP contribution in [0.1, 0.15) is 87.7 Å². The maximum Gasteiger partial charge on any atom is 0.495 e. The average molecular weight is 811 g/mol. The molecule has 0 aromatic heterocycles. The minimum Gasteiger partial charge on any atom is -0.449 e. The molecule has 4 saturated heterocycles. The van der Waals surface area contributed by atoms with E-state index in [1.165, 1.54) is 11.1 Å². The zero-order valence-corrected chi connectivity index (χ0v) is 34.8. The van der Waals surface area contributed by atoms with Crippen LogP contribution < -0.4 is 21.1 Å². The van der Waals surface area contributed by atoms with Gasteiger partial charge in [0.1, 0.15) is 5.75 Å². The van der Waals surface area contributed by atoms with Gasteiger partial charge >= 0.3 is 7.12 Å². The molecule has 4 N–H and O–H groups in total. The molecule has 0 radical (unpaired) electrons. The molecule has 4 heterocycles. The van der Waals surface area contributed by atoms with Crippen molar-refractivity contribution in [1.29, 1.82) is 0 Å². The summed E-state index contributed by atoms with van der Waals surface area (Å²) in [5, 5.41) is 0.240. The number of amides is 2. The molecule has 2 bridgehead atoms. The zero-order valence-electron chi connectivity index (χ0n) is 34.0. The Balaban J connectivity index is 0.771. The average Bonchev–Trinajstić information content (AvgIpc) is 4.07. The van der Waals surface area contributed by atoms with E-state index in [0.29, 0.717) is 42.8 Å². The molecule has 11 heteroatoms. The van der Waals surface area contributed by atoms with E-state index in [0.717, 1.165) is 103 Å². The van der Waals surface area contributed by atoms with Crippen LogP contribution in [0.3, 0.4) is 0 Å². The summed E-state index contributed by atoms with van der Waals surface area (Å²) in [6.45, 7) is 4.07. The molecule has 2 amide bonds. The van der Waals surface area contributed by atoms with Gasteiger partial charge in [-0.15, -0.1) is 0 Å². The summed E-state index contributed by atoms with van der Waals surface area (Å²) in [7, 11) is -2.02. The first-order chi connectivity index (χ1) is 28.8. The predicted octanol–water partition coefficient (Wildman–Crippen LogP) is 6.28. The summed E-state index contributed by atoms with van der Waals surface area (Å²) in [6.07, 6.45) is 9.81. The molecule has 4 aromatic rings. The van der Waals surface area contributed by atoms with Crippen molar-refractivity contribution in [2.75, 3.05) is 38.2 Å². The lowest BCUT2D eigenvalue weighted by Crippen LogP contribution is -2.40. The summed E-state index contributed by atoms with van der Waals surface area (Å²) in [4.78, 5) is 31.7. The van der Waals surface area contributed by atoms with Gasteiger partial charge in [-0.05, 0) is 119 Å². The topological polar surface area (TPSA) is 120 Å². The molecular weight excluding hydrogens is 755 g/mol. The Labute approximate surface area is 350 Å². The van der Waals surface area contributed by atoms with Crippen molar-refractivity contribution >= 4 is 40.8 Å². The summed E-state index contributed by atoms with van der Waals surface area (Å²) in [6, 6.07) is 31.2. The number of piperidine rings is 2. The van der Waals surface area contributed by atoms with Crippen molar-refractivity contribution in [1.82, 2.24) is 9.80 Å². The summed E-state index contributed by atoms with van der Waals surface area (Å²) in [5.74, 6) is 3.17. The molecule has 2 aliphatic carbocycles. The molecule has 0 spiro atoms. The van der Waals surface area contributed by atoms with Gasteiger partial charge in [0.25, 0.3) is 5.91 Å². The number of benzene rings is 4. The number of nitrogens with zero attached hydrogens (tertiary/aromatic N) is 2. The van der Waals surface area contributed by atoms with Gasteiger partial charge in [-0.1, -0.05) is 83.1 Å². The van der Waals surface area contributed by atoms with Crippen molar-refractivity contribution < 1.29 is 23.1 Å². The highest BCUT2D eigenvalue weighted by atomic mass is 32.3. The van der Waals surface area contributed by atoms with Crippen molar-refractivity contribution in [2.45, 2.75) is 80.9 Å². The quantitative estimate of drug-likeness (QED) is 0.191. The van der Waals surface area contributed by atoms with E-state index in [-0.39, 0.29) is 29.3 Å². The van der Waals surface area contributed by atoms with Crippen LogP contribution in [0.5, 0.6) is 5.75 Å². The summed E-state index contributed by atoms with van der Waals surface area (Å²) in [5.41, 5.74) is 21.5. The van der Waals surface area contributed by atoms with Crippen LogP contribution in [-0.2, 0) is 33.6 Å². The van der Waals surface area contributed by atoms with E-state index >= 15 is 0 Å². The number of hydrogen-bond acceptors (Lipinski definition) is 7. The fourth-order valence-electron chi connectivity index (χ4n) is 11.0. The van der Waals surface area contributed by atoms with Crippen LogP contribution in [0.25, 0.3) is 6.08 Å². The fraction of sp³-hybridized carbons (Fsp3) is 0.417. The van der Waals surface area contributed by atoms with Crippen molar-refractivity contribution in [3.63, 3.8) is 0 Å². The third-order valence-corrected chi connectivity index (χ3v) is 17.5. The molecular formula is C48H55BN4O5S. The maximum atomic E-state index is 13.9. The normalized spacial score (nSPS) is 27.6. The number of likely N-dealkylation sites (tertiary alicyclic amines) is 2. The van der Waals surface area contributed by atoms with E-state index in [1.807, 2.05) is 34.1 Å². The number of carbonyl (C=O) groups excluding carboxylic acids is 2. The van der Waals surface area contributed by atoms with Gasteiger partial charge in [0, 0.05) is 67.8 Å². The number of fused-ring (bicyclic) bond motifs is 6. The van der Waals surface area contributed by atoms with Gasteiger partial charge < -0.3 is 34.8 Å².